The van der Waals surface area contributed by atoms with E-state index < -0.39 is 15.9 Å². The minimum Gasteiger partial charge on any atom is -0.272 e. The van der Waals surface area contributed by atoms with Gasteiger partial charge in [0.2, 0.25) is 10.0 Å². The van der Waals surface area contributed by atoms with E-state index in [1.54, 1.807) is 36.4 Å². The van der Waals surface area contributed by atoms with Gasteiger partial charge in [0.05, 0.1) is 17.7 Å². The molecule has 0 unspecified atom stereocenters. The number of sulfonamides is 1. The SMILES string of the molecule is Cc1ccc(S(=O)(=O)N(CC(=O)N/N=C\c2ccccc2Cl)Cc2ccccc2)cc1. The Kier molecular flexibility index (Phi) is 7.57. The van der Waals surface area contributed by atoms with Crippen LogP contribution in [0.5, 0.6) is 0 Å². The maximum atomic E-state index is 13.2. The minimum absolute atomic E-state index is 0.0543. The van der Waals surface area contributed by atoms with Gasteiger partial charge in [-0.2, -0.15) is 9.41 Å². The summed E-state index contributed by atoms with van der Waals surface area (Å²) < 4.78 is 27.6. The molecule has 3 aromatic rings. The summed E-state index contributed by atoms with van der Waals surface area (Å²) in [7, 11) is -3.90. The van der Waals surface area contributed by atoms with Gasteiger partial charge >= 0.3 is 0 Å². The third-order valence-corrected chi connectivity index (χ3v) is 6.63. The molecule has 0 fully saturated rings. The molecule has 0 saturated heterocycles. The topological polar surface area (TPSA) is 78.8 Å². The monoisotopic (exact) mass is 455 g/mol. The lowest BCUT2D eigenvalue weighted by atomic mass is 10.2. The van der Waals surface area contributed by atoms with Gasteiger partial charge in [-0.15, -0.1) is 0 Å². The zero-order valence-corrected chi connectivity index (χ0v) is 18.5. The second-order valence-corrected chi connectivity index (χ2v) is 9.23. The van der Waals surface area contributed by atoms with Crippen LogP contribution in [0.15, 0.2) is 88.9 Å². The lowest BCUT2D eigenvalue weighted by Crippen LogP contribution is -2.39. The van der Waals surface area contributed by atoms with E-state index in [0.29, 0.717) is 10.6 Å². The summed E-state index contributed by atoms with van der Waals surface area (Å²) in [6, 6.07) is 22.7. The zero-order chi connectivity index (χ0) is 22.3. The summed E-state index contributed by atoms with van der Waals surface area (Å²) in [6.07, 6.45) is 1.41. The van der Waals surface area contributed by atoms with Gasteiger partial charge in [-0.3, -0.25) is 4.79 Å². The molecule has 6 nitrogen and oxygen atoms in total. The molecule has 0 radical (unpaired) electrons. The van der Waals surface area contributed by atoms with Crippen LogP contribution in [0.3, 0.4) is 0 Å². The molecule has 160 valence electrons. The highest BCUT2D eigenvalue weighted by atomic mass is 35.5. The van der Waals surface area contributed by atoms with Crippen LogP contribution < -0.4 is 5.43 Å². The summed E-state index contributed by atoms with van der Waals surface area (Å²) in [5.41, 5.74) is 4.72. The van der Waals surface area contributed by atoms with Crippen molar-refractivity contribution >= 4 is 33.7 Å². The molecule has 0 heterocycles. The number of nitrogens with zero attached hydrogens (tertiary/aromatic N) is 2. The molecule has 1 amide bonds. The normalized spacial score (nSPS) is 11.7. The highest BCUT2D eigenvalue weighted by Gasteiger charge is 2.26. The predicted molar refractivity (Wildman–Crippen MR) is 122 cm³/mol. The number of rotatable bonds is 8. The van der Waals surface area contributed by atoms with Crippen LogP contribution in [-0.2, 0) is 21.4 Å². The molecule has 0 aliphatic heterocycles. The van der Waals surface area contributed by atoms with Crippen molar-refractivity contribution in [2.75, 3.05) is 6.54 Å². The number of carbonyl (C=O) groups is 1. The number of nitrogens with one attached hydrogen (secondary N) is 1. The Morgan fingerprint density at radius 3 is 2.32 bits per heavy atom. The summed E-state index contributed by atoms with van der Waals surface area (Å²) in [4.78, 5) is 12.6. The highest BCUT2D eigenvalue weighted by molar-refractivity contribution is 7.89. The van der Waals surface area contributed by atoms with Gasteiger partial charge in [-0.05, 0) is 30.7 Å². The van der Waals surface area contributed by atoms with Gasteiger partial charge in [0.15, 0.2) is 0 Å². The number of hydrogen-bond donors (Lipinski definition) is 1. The van der Waals surface area contributed by atoms with Gasteiger partial charge in [0, 0.05) is 17.1 Å². The quantitative estimate of drug-likeness (QED) is 0.412. The molecule has 0 bridgehead atoms. The van der Waals surface area contributed by atoms with E-state index in [0.717, 1.165) is 15.4 Å². The van der Waals surface area contributed by atoms with Gasteiger partial charge < -0.3 is 0 Å². The van der Waals surface area contributed by atoms with Crippen molar-refractivity contribution in [1.29, 1.82) is 0 Å². The first-order valence-electron chi connectivity index (χ1n) is 9.53. The van der Waals surface area contributed by atoms with E-state index in [9.17, 15) is 13.2 Å². The molecule has 1 N–H and O–H groups in total. The second-order valence-electron chi connectivity index (χ2n) is 6.89. The van der Waals surface area contributed by atoms with Crippen LogP contribution in [0.25, 0.3) is 0 Å². The molecule has 0 atom stereocenters. The Morgan fingerprint density at radius 2 is 1.65 bits per heavy atom. The zero-order valence-electron chi connectivity index (χ0n) is 16.9. The standard InChI is InChI=1S/C23H22ClN3O3S/c1-18-11-13-21(14-12-18)31(29,30)27(16-19-7-3-2-4-8-19)17-23(28)26-25-15-20-9-5-6-10-22(20)24/h2-15H,16-17H2,1H3,(H,26,28)/b25-15-. The number of aryl methyl sites for hydroxylation is 1. The molecule has 0 aliphatic rings. The number of amides is 1. The maximum Gasteiger partial charge on any atom is 0.255 e. The summed E-state index contributed by atoms with van der Waals surface area (Å²) >= 11 is 6.06. The number of benzene rings is 3. The molecular weight excluding hydrogens is 434 g/mol. The predicted octanol–water partition coefficient (Wildman–Crippen LogP) is 3.99. The van der Waals surface area contributed by atoms with Crippen LogP contribution >= 0.6 is 11.6 Å². The fourth-order valence-corrected chi connectivity index (χ4v) is 4.39. The van der Waals surface area contributed by atoms with E-state index in [4.69, 9.17) is 11.6 Å². The van der Waals surface area contributed by atoms with E-state index in [2.05, 4.69) is 10.5 Å². The van der Waals surface area contributed by atoms with Crippen LogP contribution in [0.1, 0.15) is 16.7 Å². The Hall–Kier alpha value is -3.00. The van der Waals surface area contributed by atoms with E-state index in [-0.39, 0.29) is 18.0 Å². The molecule has 0 spiro atoms. The third kappa shape index (κ3) is 6.24. The van der Waals surface area contributed by atoms with E-state index >= 15 is 0 Å². The first-order valence-corrected chi connectivity index (χ1v) is 11.4. The van der Waals surface area contributed by atoms with Crippen molar-refractivity contribution in [1.82, 2.24) is 9.73 Å². The maximum absolute atomic E-state index is 13.2. The molecule has 3 rings (SSSR count). The van der Waals surface area contributed by atoms with Gasteiger partial charge in [-0.25, -0.2) is 13.8 Å². The molecule has 31 heavy (non-hydrogen) atoms. The van der Waals surface area contributed by atoms with Crippen LogP contribution in [0.4, 0.5) is 0 Å². The number of carbonyl (C=O) groups excluding carboxylic acids is 1. The van der Waals surface area contributed by atoms with Crippen molar-refractivity contribution in [2.24, 2.45) is 5.10 Å². The fraction of sp³-hybridized carbons (Fsp3) is 0.130. The average Bonchev–Trinajstić information content (AvgIpc) is 2.76. The number of hydrogen-bond acceptors (Lipinski definition) is 4. The first kappa shape index (κ1) is 22.7. The number of hydrazone groups is 1. The molecule has 0 saturated carbocycles. The number of halogens is 1. The Balaban J connectivity index is 1.78. The van der Waals surface area contributed by atoms with Crippen LogP contribution in [0.2, 0.25) is 5.02 Å². The van der Waals surface area contributed by atoms with Crippen LogP contribution in [0, 0.1) is 6.92 Å². The second kappa shape index (κ2) is 10.3. The van der Waals surface area contributed by atoms with Crippen molar-refractivity contribution in [3.05, 3.63) is 101 Å². The van der Waals surface area contributed by atoms with Crippen molar-refractivity contribution < 1.29 is 13.2 Å². The molecule has 8 heteroatoms. The van der Waals surface area contributed by atoms with Gasteiger partial charge in [0.25, 0.3) is 5.91 Å². The van der Waals surface area contributed by atoms with Crippen molar-refractivity contribution in [3.8, 4) is 0 Å². The molecule has 3 aromatic carbocycles. The Morgan fingerprint density at radius 1 is 1.00 bits per heavy atom. The van der Waals surface area contributed by atoms with Crippen molar-refractivity contribution in [2.45, 2.75) is 18.4 Å². The highest BCUT2D eigenvalue weighted by Crippen LogP contribution is 2.19. The van der Waals surface area contributed by atoms with Gasteiger partial charge in [0.1, 0.15) is 0 Å². The molecular formula is C23H22ClN3O3S. The lowest BCUT2D eigenvalue weighted by molar-refractivity contribution is -0.121. The molecule has 0 aromatic heterocycles. The molecule has 0 aliphatic carbocycles. The third-order valence-electron chi connectivity index (χ3n) is 4.48. The van der Waals surface area contributed by atoms with Crippen LogP contribution in [-0.4, -0.2) is 31.4 Å². The van der Waals surface area contributed by atoms with Gasteiger partial charge in [-0.1, -0.05) is 77.8 Å². The first-order chi connectivity index (χ1) is 14.9. The van der Waals surface area contributed by atoms with E-state index in [1.165, 1.54) is 18.3 Å². The minimum atomic E-state index is -3.90. The smallest absolute Gasteiger partial charge is 0.255 e. The summed E-state index contributed by atoms with van der Waals surface area (Å²) in [6.45, 7) is 1.55. The lowest BCUT2D eigenvalue weighted by Gasteiger charge is -2.21. The average molecular weight is 456 g/mol. The Bertz CT molecular complexity index is 1160. The largest absolute Gasteiger partial charge is 0.272 e. The summed E-state index contributed by atoms with van der Waals surface area (Å²) in [5.74, 6) is -0.560. The van der Waals surface area contributed by atoms with E-state index in [1.807, 2.05) is 37.3 Å². The Labute approximate surface area is 187 Å². The fourth-order valence-electron chi connectivity index (χ4n) is 2.82. The van der Waals surface area contributed by atoms with Crippen molar-refractivity contribution in [3.63, 3.8) is 0 Å². The summed E-state index contributed by atoms with van der Waals surface area (Å²) in [5, 5.41) is 4.39.